The standard InChI is InChI=1S/C42H41F10NO4.ClH/c1-23(2)33-20-34(37(55-4)21-35(33)43)31-15-14-28(40(44,45)46)18-27(31)22-53-24(3)38(26-16-29(41(47,48)49)19-30(17-26)42(50,51)52)57-39(54)56-36-13-9-8-12-32(36)25-10-6-5-7-11-25;/h8-9,12-21,23-25,38,53H,5-7,10-11,22H2,1-4H3;1H/t24-,38-;/m0./s1. The topological polar surface area (TPSA) is 61.4 Å². The number of ether oxygens (including phenoxy) is 3. The maximum Gasteiger partial charge on any atom is 0.514 e. The van der Waals surface area contributed by atoms with Gasteiger partial charge in [-0.1, -0.05) is 57.4 Å². The SMILES string of the molecule is COc1cc(F)c(C(C)C)cc1-c1ccc(C(F)(F)F)cc1C[NH2+][C@@H](C)[C@H](OC(=O)Oc1ccccc1C1CCCCC1)c1cc(C(F)(F)F)cc(C(F)(F)F)c1.[Cl-]. The van der Waals surface area contributed by atoms with Gasteiger partial charge in [0, 0.05) is 17.2 Å². The molecule has 4 aromatic carbocycles. The second kappa shape index (κ2) is 18.6. The molecule has 1 fully saturated rings. The summed E-state index contributed by atoms with van der Waals surface area (Å²) >= 11 is 0. The Kier molecular flexibility index (Phi) is 14.8. The number of para-hydroxylation sites is 1. The van der Waals surface area contributed by atoms with Gasteiger partial charge in [0.2, 0.25) is 0 Å². The van der Waals surface area contributed by atoms with Crippen LogP contribution in [-0.4, -0.2) is 19.3 Å². The van der Waals surface area contributed by atoms with E-state index in [-0.39, 0.29) is 70.6 Å². The summed E-state index contributed by atoms with van der Waals surface area (Å²) in [5.41, 5.74) is -3.65. The average molecular weight is 850 g/mol. The summed E-state index contributed by atoms with van der Waals surface area (Å²) in [5, 5.41) is 1.32. The van der Waals surface area contributed by atoms with Crippen LogP contribution in [0.3, 0.4) is 0 Å². The fraction of sp³-hybridized carbons (Fsp3) is 0.405. The van der Waals surface area contributed by atoms with Crippen LogP contribution in [0.15, 0.2) is 72.8 Å². The molecular formula is C42H42ClF10NO4. The molecule has 1 saturated carbocycles. The summed E-state index contributed by atoms with van der Waals surface area (Å²) in [6, 6.07) is 11.6. The summed E-state index contributed by atoms with van der Waals surface area (Å²) in [4.78, 5) is 13.5. The van der Waals surface area contributed by atoms with E-state index in [0.717, 1.165) is 50.3 Å². The number of rotatable bonds is 11. The molecule has 0 amide bonds. The normalized spacial score (nSPS) is 15.1. The van der Waals surface area contributed by atoms with Gasteiger partial charge >= 0.3 is 24.7 Å². The number of alkyl halides is 9. The summed E-state index contributed by atoms with van der Waals surface area (Å²) in [5.74, 6) is -0.770. The number of methoxy groups -OCH3 is 1. The Morgan fingerprint density at radius 1 is 0.741 bits per heavy atom. The van der Waals surface area contributed by atoms with E-state index in [1.165, 1.54) is 37.5 Å². The molecule has 1 aliphatic carbocycles. The van der Waals surface area contributed by atoms with Gasteiger partial charge in [0.25, 0.3) is 0 Å². The van der Waals surface area contributed by atoms with Crippen molar-refractivity contribution in [1.82, 2.24) is 0 Å². The van der Waals surface area contributed by atoms with Gasteiger partial charge in [-0.15, -0.1) is 0 Å². The summed E-state index contributed by atoms with van der Waals surface area (Å²) in [6.07, 6.45) is -14.0. The zero-order valence-electron chi connectivity index (χ0n) is 31.8. The van der Waals surface area contributed by atoms with E-state index < -0.39 is 64.9 Å². The lowest BCUT2D eigenvalue weighted by Crippen LogP contribution is -3.00. The van der Waals surface area contributed by atoms with Crippen molar-refractivity contribution in [3.05, 3.63) is 118 Å². The van der Waals surface area contributed by atoms with E-state index in [0.29, 0.717) is 17.7 Å². The maximum atomic E-state index is 14.9. The number of carbonyl (C=O) groups is 1. The molecule has 0 aliphatic heterocycles. The highest BCUT2D eigenvalue weighted by molar-refractivity contribution is 5.75. The fourth-order valence-corrected chi connectivity index (χ4v) is 7.20. The van der Waals surface area contributed by atoms with Gasteiger partial charge < -0.3 is 31.9 Å². The first-order valence-corrected chi connectivity index (χ1v) is 18.3. The minimum Gasteiger partial charge on any atom is -1.00 e. The van der Waals surface area contributed by atoms with Gasteiger partial charge in [0.15, 0.2) is 6.10 Å². The van der Waals surface area contributed by atoms with Crippen molar-refractivity contribution >= 4 is 6.16 Å². The predicted octanol–water partition coefficient (Wildman–Crippen LogP) is 9.14. The highest BCUT2D eigenvalue weighted by Gasteiger charge is 2.40. The molecule has 316 valence electrons. The Morgan fingerprint density at radius 3 is 1.91 bits per heavy atom. The van der Waals surface area contributed by atoms with Crippen LogP contribution in [0.5, 0.6) is 11.5 Å². The Balaban J connectivity index is 0.00000744. The number of nitrogens with two attached hydrogens (primary N) is 1. The Morgan fingerprint density at radius 2 is 1.34 bits per heavy atom. The Hall–Kier alpha value is -4.50. The molecule has 16 heteroatoms. The van der Waals surface area contributed by atoms with Crippen molar-refractivity contribution in [2.75, 3.05) is 7.11 Å². The third-order valence-corrected chi connectivity index (χ3v) is 10.2. The fourth-order valence-electron chi connectivity index (χ4n) is 7.20. The second-order valence-electron chi connectivity index (χ2n) is 14.5. The van der Waals surface area contributed by atoms with Crippen LogP contribution in [-0.2, 0) is 29.8 Å². The number of quaternary nitrogens is 1. The van der Waals surface area contributed by atoms with E-state index >= 15 is 0 Å². The molecular weight excluding hydrogens is 808 g/mol. The molecule has 0 heterocycles. The Bertz CT molecular complexity index is 2010. The quantitative estimate of drug-likeness (QED) is 0.0930. The zero-order valence-corrected chi connectivity index (χ0v) is 32.6. The third kappa shape index (κ3) is 11.2. The molecule has 0 saturated heterocycles. The lowest BCUT2D eigenvalue weighted by Gasteiger charge is -2.26. The lowest BCUT2D eigenvalue weighted by molar-refractivity contribution is -0.708. The van der Waals surface area contributed by atoms with Gasteiger partial charge in [0.1, 0.15) is 29.9 Å². The van der Waals surface area contributed by atoms with Gasteiger partial charge in [-0.25, -0.2) is 9.18 Å². The highest BCUT2D eigenvalue weighted by Crippen LogP contribution is 2.42. The van der Waals surface area contributed by atoms with Gasteiger partial charge in [-0.05, 0) is 96.3 Å². The van der Waals surface area contributed by atoms with Crippen molar-refractivity contribution in [2.24, 2.45) is 0 Å². The molecule has 5 nitrogen and oxygen atoms in total. The van der Waals surface area contributed by atoms with E-state index in [9.17, 15) is 48.7 Å². The van der Waals surface area contributed by atoms with Crippen LogP contribution in [0.25, 0.3) is 11.1 Å². The van der Waals surface area contributed by atoms with E-state index in [4.69, 9.17) is 14.2 Å². The molecule has 0 spiro atoms. The van der Waals surface area contributed by atoms with Crippen LogP contribution in [0, 0.1) is 5.82 Å². The monoisotopic (exact) mass is 849 g/mol. The Labute approximate surface area is 335 Å². The van der Waals surface area contributed by atoms with Crippen LogP contribution in [0.4, 0.5) is 48.7 Å². The predicted molar refractivity (Wildman–Crippen MR) is 191 cm³/mol. The maximum absolute atomic E-state index is 14.9. The largest absolute Gasteiger partial charge is 1.00 e. The first-order chi connectivity index (χ1) is 26.7. The van der Waals surface area contributed by atoms with Crippen LogP contribution in [0.2, 0.25) is 0 Å². The lowest BCUT2D eigenvalue weighted by atomic mass is 9.84. The van der Waals surface area contributed by atoms with Crippen molar-refractivity contribution < 1.29 is 80.6 Å². The summed E-state index contributed by atoms with van der Waals surface area (Å²) in [7, 11) is 1.25. The molecule has 4 aromatic rings. The van der Waals surface area contributed by atoms with E-state index in [2.05, 4.69) is 0 Å². The molecule has 1 aliphatic rings. The van der Waals surface area contributed by atoms with E-state index in [1.807, 2.05) is 0 Å². The third-order valence-electron chi connectivity index (χ3n) is 10.2. The smallest absolute Gasteiger partial charge is 0.514 e. The van der Waals surface area contributed by atoms with Crippen LogP contribution >= 0.6 is 0 Å². The van der Waals surface area contributed by atoms with Crippen molar-refractivity contribution in [1.29, 1.82) is 0 Å². The first kappa shape index (κ1) is 46.2. The zero-order chi connectivity index (χ0) is 41.9. The second-order valence-corrected chi connectivity index (χ2v) is 14.5. The van der Waals surface area contributed by atoms with Crippen LogP contribution in [0.1, 0.15) is 110 Å². The molecule has 2 atom stereocenters. The number of halogens is 11. The minimum atomic E-state index is -5.23. The molecule has 0 bridgehead atoms. The van der Waals surface area contributed by atoms with Gasteiger partial charge in [-0.2, -0.15) is 39.5 Å². The van der Waals surface area contributed by atoms with Crippen molar-refractivity contribution in [3.63, 3.8) is 0 Å². The number of hydrogen-bond acceptors (Lipinski definition) is 4. The van der Waals surface area contributed by atoms with Gasteiger partial charge in [0.05, 0.1) is 23.8 Å². The molecule has 58 heavy (non-hydrogen) atoms. The molecule has 0 aromatic heterocycles. The number of carbonyl (C=O) groups excluding carboxylic acids is 1. The molecule has 5 rings (SSSR count). The summed E-state index contributed by atoms with van der Waals surface area (Å²) < 4.78 is 158. The number of hydrogen-bond donors (Lipinski definition) is 1. The average Bonchev–Trinajstić information content (AvgIpc) is 3.15. The van der Waals surface area contributed by atoms with Crippen molar-refractivity contribution in [3.8, 4) is 22.6 Å². The molecule has 0 unspecified atom stereocenters. The van der Waals surface area contributed by atoms with Crippen molar-refractivity contribution in [2.45, 2.75) is 102 Å². The molecule has 2 N–H and O–H groups in total. The highest BCUT2D eigenvalue weighted by atomic mass is 35.5. The number of benzene rings is 4. The summed E-state index contributed by atoms with van der Waals surface area (Å²) in [6.45, 7) is 4.41. The minimum absolute atomic E-state index is 0. The van der Waals surface area contributed by atoms with Crippen LogP contribution < -0.4 is 27.2 Å². The van der Waals surface area contributed by atoms with Gasteiger partial charge in [-0.3, -0.25) is 0 Å². The van der Waals surface area contributed by atoms with E-state index in [1.54, 1.807) is 32.0 Å². The first-order valence-electron chi connectivity index (χ1n) is 18.3. The molecule has 0 radical (unpaired) electrons.